The van der Waals surface area contributed by atoms with Crippen LogP contribution in [0, 0.1) is 5.92 Å². The Labute approximate surface area is 203 Å². The molecule has 7 nitrogen and oxygen atoms in total. The first kappa shape index (κ1) is 24.0. The van der Waals surface area contributed by atoms with Gasteiger partial charge in [0.2, 0.25) is 0 Å². The molecule has 0 spiro atoms. The van der Waals surface area contributed by atoms with Gasteiger partial charge >= 0.3 is 0 Å². The molecule has 2 unspecified atom stereocenters. The molecule has 0 bridgehead atoms. The number of hydrogen-bond acceptors (Lipinski definition) is 4. The topological polar surface area (TPSA) is 61.6 Å². The number of fused-ring (bicyclic) bond motifs is 1. The number of halogens is 1. The molecule has 0 amide bonds. The lowest BCUT2D eigenvalue weighted by atomic mass is 9.83. The van der Waals surface area contributed by atoms with Crippen LogP contribution in [0.25, 0.3) is 0 Å². The van der Waals surface area contributed by atoms with Gasteiger partial charge in [0.25, 0.3) is 0 Å². The second-order valence-electron chi connectivity index (χ2n) is 8.43. The molecule has 1 aromatic heterocycles. The quantitative estimate of drug-likeness (QED) is 0.349. The number of aromatic nitrogens is 3. The van der Waals surface area contributed by atoms with E-state index in [1.54, 1.807) is 0 Å². The molecule has 0 radical (unpaired) electrons. The summed E-state index contributed by atoms with van der Waals surface area (Å²) in [5, 5.41) is 11.7. The molecule has 2 fully saturated rings. The Morgan fingerprint density at radius 1 is 1.19 bits per heavy atom. The molecule has 2 aliphatic heterocycles. The van der Waals surface area contributed by atoms with Crippen LogP contribution in [-0.2, 0) is 19.5 Å². The number of guanidine groups is 1. The Hall–Kier alpha value is -1.68. The third-order valence-electron chi connectivity index (χ3n) is 6.57. The lowest BCUT2D eigenvalue weighted by Gasteiger charge is -2.48. The smallest absolute Gasteiger partial charge is 0.193 e. The summed E-state index contributed by atoms with van der Waals surface area (Å²) in [7, 11) is 1.90. The van der Waals surface area contributed by atoms with Crippen LogP contribution >= 0.6 is 24.0 Å². The number of benzene rings is 1. The number of aryl methyl sites for hydroxylation is 1. The van der Waals surface area contributed by atoms with Gasteiger partial charge in [0, 0.05) is 52.2 Å². The van der Waals surface area contributed by atoms with E-state index in [9.17, 15) is 0 Å². The van der Waals surface area contributed by atoms with E-state index in [0.29, 0.717) is 6.04 Å². The van der Waals surface area contributed by atoms with Crippen molar-refractivity contribution >= 4 is 29.9 Å². The number of rotatable bonds is 6. The molecule has 2 atom stereocenters. The van der Waals surface area contributed by atoms with E-state index < -0.39 is 0 Å². The predicted octanol–water partition coefficient (Wildman–Crippen LogP) is 3.02. The number of hydrogen-bond donors (Lipinski definition) is 1. The van der Waals surface area contributed by atoms with Gasteiger partial charge < -0.3 is 14.8 Å². The summed E-state index contributed by atoms with van der Waals surface area (Å²) in [4.78, 5) is 9.75. The largest absolute Gasteiger partial charge is 0.354 e. The lowest BCUT2D eigenvalue weighted by Crippen LogP contribution is -2.56. The monoisotopic (exact) mass is 537 g/mol. The number of likely N-dealkylation sites (tertiary alicyclic amines) is 2. The zero-order valence-corrected chi connectivity index (χ0v) is 21.1. The maximum Gasteiger partial charge on any atom is 0.193 e. The van der Waals surface area contributed by atoms with Crippen molar-refractivity contribution in [3.05, 3.63) is 48.0 Å². The minimum atomic E-state index is 0. The number of aliphatic imine (C=N–C) groups is 1. The zero-order valence-electron chi connectivity index (χ0n) is 18.8. The van der Waals surface area contributed by atoms with Gasteiger partial charge in [0.15, 0.2) is 5.96 Å². The molecule has 170 valence electrons. The Morgan fingerprint density at radius 3 is 2.81 bits per heavy atom. The van der Waals surface area contributed by atoms with Gasteiger partial charge in [0.05, 0.1) is 0 Å². The first-order chi connectivity index (χ1) is 14.8. The van der Waals surface area contributed by atoms with Crippen LogP contribution in [0.2, 0.25) is 0 Å². The Balaban J connectivity index is 0.00000272. The van der Waals surface area contributed by atoms with Crippen LogP contribution in [0.1, 0.15) is 37.6 Å². The van der Waals surface area contributed by atoms with Crippen molar-refractivity contribution in [3.8, 4) is 0 Å². The minimum absolute atomic E-state index is 0. The van der Waals surface area contributed by atoms with Crippen molar-refractivity contribution in [2.24, 2.45) is 10.9 Å². The Bertz CT molecular complexity index is 822. The van der Waals surface area contributed by atoms with Gasteiger partial charge in [0.1, 0.15) is 12.2 Å². The molecule has 4 rings (SSSR count). The Kier molecular flexibility index (Phi) is 9.13. The zero-order chi connectivity index (χ0) is 20.8. The minimum Gasteiger partial charge on any atom is -0.354 e. The fourth-order valence-corrected chi connectivity index (χ4v) is 5.07. The van der Waals surface area contributed by atoms with Gasteiger partial charge in [-0.25, -0.2) is 0 Å². The number of nitrogens with zero attached hydrogens (tertiary/aromatic N) is 6. The van der Waals surface area contributed by atoms with Crippen LogP contribution in [0.4, 0.5) is 0 Å². The highest BCUT2D eigenvalue weighted by molar-refractivity contribution is 14.0. The lowest BCUT2D eigenvalue weighted by molar-refractivity contribution is 0.0372. The van der Waals surface area contributed by atoms with Crippen LogP contribution in [-0.4, -0.2) is 69.8 Å². The summed E-state index contributed by atoms with van der Waals surface area (Å²) in [6.07, 6.45) is 6.55. The van der Waals surface area contributed by atoms with Gasteiger partial charge in [-0.05, 0) is 37.3 Å². The van der Waals surface area contributed by atoms with Crippen molar-refractivity contribution in [2.45, 2.75) is 51.7 Å². The molecule has 0 saturated carbocycles. The summed E-state index contributed by atoms with van der Waals surface area (Å²) in [5.74, 6) is 2.78. The fourth-order valence-electron chi connectivity index (χ4n) is 5.07. The van der Waals surface area contributed by atoms with Gasteiger partial charge in [-0.2, -0.15) is 0 Å². The summed E-state index contributed by atoms with van der Waals surface area (Å²) >= 11 is 0. The molecule has 1 aromatic carbocycles. The second kappa shape index (κ2) is 11.8. The third-order valence-corrected chi connectivity index (χ3v) is 6.57. The molecule has 8 heteroatoms. The highest BCUT2D eigenvalue weighted by Gasteiger charge is 2.36. The number of nitrogens with one attached hydrogen (secondary N) is 1. The second-order valence-corrected chi connectivity index (χ2v) is 8.43. The molecular formula is C23H36IN7. The first-order valence-electron chi connectivity index (χ1n) is 11.4. The van der Waals surface area contributed by atoms with Crippen LogP contribution in [0.5, 0.6) is 0 Å². The van der Waals surface area contributed by atoms with Crippen molar-refractivity contribution in [1.29, 1.82) is 0 Å². The SMILES string of the molecule is CCc1nncn1CCNC(=NC)N1CCC2C(CCCN2Cc2ccccc2)C1.I. The molecule has 1 N–H and O–H groups in total. The number of piperidine rings is 2. The van der Waals surface area contributed by atoms with E-state index in [1.807, 2.05) is 13.4 Å². The molecule has 2 aromatic rings. The van der Waals surface area contributed by atoms with Gasteiger partial charge in [-0.3, -0.25) is 9.89 Å². The summed E-state index contributed by atoms with van der Waals surface area (Å²) < 4.78 is 2.12. The van der Waals surface area contributed by atoms with Crippen LogP contribution in [0.3, 0.4) is 0 Å². The summed E-state index contributed by atoms with van der Waals surface area (Å²) in [6, 6.07) is 11.6. The van der Waals surface area contributed by atoms with E-state index >= 15 is 0 Å². The molecular weight excluding hydrogens is 501 g/mol. The molecule has 31 heavy (non-hydrogen) atoms. The third kappa shape index (κ3) is 5.97. The Morgan fingerprint density at radius 2 is 2.03 bits per heavy atom. The average Bonchev–Trinajstić information content (AvgIpc) is 3.25. The van der Waals surface area contributed by atoms with Crippen molar-refractivity contribution < 1.29 is 0 Å². The standard InChI is InChI=1S/C23H35N7.HI/c1-3-22-27-26-18-30(22)15-12-25-23(24-2)29-14-11-21-20(17-29)10-7-13-28(21)16-19-8-5-4-6-9-19;/h4-6,8-9,18,20-21H,3,7,10-17H2,1-2H3,(H,24,25);1H. The van der Waals surface area contributed by atoms with Crippen molar-refractivity contribution in [3.63, 3.8) is 0 Å². The molecule has 2 saturated heterocycles. The maximum absolute atomic E-state index is 4.57. The van der Waals surface area contributed by atoms with E-state index in [0.717, 1.165) is 56.8 Å². The predicted molar refractivity (Wildman–Crippen MR) is 136 cm³/mol. The van der Waals surface area contributed by atoms with E-state index in [4.69, 9.17) is 0 Å². The molecule has 0 aliphatic carbocycles. The highest BCUT2D eigenvalue weighted by atomic mass is 127. The van der Waals surface area contributed by atoms with Gasteiger partial charge in [-0.15, -0.1) is 34.2 Å². The summed E-state index contributed by atoms with van der Waals surface area (Å²) in [5.41, 5.74) is 1.43. The van der Waals surface area contributed by atoms with Gasteiger partial charge in [-0.1, -0.05) is 37.3 Å². The first-order valence-corrected chi connectivity index (χ1v) is 11.4. The fraction of sp³-hybridized carbons (Fsp3) is 0.609. The van der Waals surface area contributed by atoms with Crippen molar-refractivity contribution in [2.75, 3.05) is 33.2 Å². The van der Waals surface area contributed by atoms with Crippen molar-refractivity contribution in [1.82, 2.24) is 29.9 Å². The average molecular weight is 537 g/mol. The van der Waals surface area contributed by atoms with Crippen LogP contribution in [0.15, 0.2) is 41.7 Å². The molecule has 2 aliphatic rings. The summed E-state index contributed by atoms with van der Waals surface area (Å²) in [6.45, 7) is 8.28. The highest BCUT2D eigenvalue weighted by Crippen LogP contribution is 2.31. The maximum atomic E-state index is 4.57. The molecule has 3 heterocycles. The van der Waals surface area contributed by atoms with E-state index in [2.05, 4.69) is 72.1 Å². The van der Waals surface area contributed by atoms with E-state index in [-0.39, 0.29) is 24.0 Å². The van der Waals surface area contributed by atoms with E-state index in [1.165, 1.54) is 31.4 Å². The van der Waals surface area contributed by atoms with Crippen LogP contribution < -0.4 is 5.32 Å². The normalized spacial score (nSPS) is 22.0.